The van der Waals surface area contributed by atoms with Crippen molar-refractivity contribution < 1.29 is 8.68 Å². The smallest absolute Gasteiger partial charge is 0.257 e. The van der Waals surface area contributed by atoms with E-state index < -0.39 is 6.98 Å². The molecule has 4 heterocycles. The van der Waals surface area contributed by atoms with E-state index in [9.17, 15) is 0 Å². The number of imidazole rings is 1. The standard InChI is InChI=1S/C17H15N4/c1-19-13-8-5-9-18-14(13)15-17(19)21-10-11-6-3-4-7-12(11)16(21)20(15)2/h3-9H,10H2,1-2H3/q+1/i2D3. The molecule has 4 nitrogen and oxygen atoms in total. The summed E-state index contributed by atoms with van der Waals surface area (Å²) in [4.78, 5) is 4.47. The minimum Gasteiger partial charge on any atom is -0.257 e. The largest absolute Gasteiger partial charge is 0.271 e. The van der Waals surface area contributed by atoms with E-state index >= 15 is 0 Å². The fourth-order valence-corrected chi connectivity index (χ4v) is 3.53. The van der Waals surface area contributed by atoms with Gasteiger partial charge in [0.25, 0.3) is 5.65 Å². The van der Waals surface area contributed by atoms with Crippen LogP contribution < -0.4 is 4.57 Å². The van der Waals surface area contributed by atoms with Crippen LogP contribution in [0.2, 0.25) is 0 Å². The summed E-state index contributed by atoms with van der Waals surface area (Å²) in [6.07, 6.45) is 1.71. The highest BCUT2D eigenvalue weighted by atomic mass is 15.2. The number of hydrogen-bond donors (Lipinski definition) is 0. The summed E-state index contributed by atoms with van der Waals surface area (Å²) in [5.74, 6) is 0.735. The van der Waals surface area contributed by atoms with Crippen molar-refractivity contribution in [1.29, 1.82) is 0 Å². The zero-order valence-electron chi connectivity index (χ0n) is 14.5. The van der Waals surface area contributed by atoms with Crippen LogP contribution in [0.4, 0.5) is 0 Å². The van der Waals surface area contributed by atoms with Crippen molar-refractivity contribution in [2.45, 2.75) is 6.54 Å². The Kier molecular flexibility index (Phi) is 1.45. The first kappa shape index (κ1) is 8.62. The van der Waals surface area contributed by atoms with E-state index in [-0.39, 0.29) is 0 Å². The van der Waals surface area contributed by atoms with Gasteiger partial charge in [-0.1, -0.05) is 18.2 Å². The molecule has 4 heteroatoms. The Morgan fingerprint density at radius 2 is 2.10 bits per heavy atom. The van der Waals surface area contributed by atoms with Crippen LogP contribution in [0.1, 0.15) is 9.68 Å². The van der Waals surface area contributed by atoms with E-state index in [1.807, 2.05) is 41.9 Å². The van der Waals surface area contributed by atoms with Gasteiger partial charge in [0.2, 0.25) is 11.3 Å². The minimum absolute atomic E-state index is 0.676. The number of aromatic nitrogens is 4. The number of pyridine rings is 1. The predicted molar refractivity (Wildman–Crippen MR) is 81.9 cm³/mol. The zero-order valence-corrected chi connectivity index (χ0v) is 11.5. The molecular weight excluding hydrogens is 260 g/mol. The molecule has 102 valence electrons. The molecule has 3 aromatic heterocycles. The van der Waals surface area contributed by atoms with Gasteiger partial charge in [0.1, 0.15) is 11.0 Å². The lowest BCUT2D eigenvalue weighted by molar-refractivity contribution is -0.648. The molecule has 0 saturated heterocycles. The first-order chi connectivity index (χ1) is 11.5. The Labute approximate surface area is 126 Å². The van der Waals surface area contributed by atoms with E-state index in [2.05, 4.69) is 15.6 Å². The van der Waals surface area contributed by atoms with Gasteiger partial charge >= 0.3 is 0 Å². The Bertz CT molecular complexity index is 1130. The summed E-state index contributed by atoms with van der Waals surface area (Å²) in [5, 5.41) is 0. The van der Waals surface area contributed by atoms with Gasteiger partial charge in [-0.2, -0.15) is 0 Å². The maximum atomic E-state index is 8.11. The van der Waals surface area contributed by atoms with Crippen LogP contribution in [-0.4, -0.2) is 14.1 Å². The zero-order chi connectivity index (χ0) is 16.6. The van der Waals surface area contributed by atoms with Crippen molar-refractivity contribution in [1.82, 2.24) is 14.1 Å². The fourth-order valence-electron chi connectivity index (χ4n) is 3.53. The van der Waals surface area contributed by atoms with E-state index in [0.717, 1.165) is 33.6 Å². The monoisotopic (exact) mass is 278 g/mol. The first-order valence-electron chi connectivity index (χ1n) is 8.45. The summed E-state index contributed by atoms with van der Waals surface area (Å²) < 4.78 is 29.9. The minimum atomic E-state index is -2.28. The fraction of sp³-hybridized carbons (Fsp3) is 0.176. The number of rotatable bonds is 0. The molecule has 0 fully saturated rings. The Morgan fingerprint density at radius 1 is 1.19 bits per heavy atom. The summed E-state index contributed by atoms with van der Waals surface area (Å²) in [5.41, 5.74) is 5.36. The topological polar surface area (TPSA) is 26.6 Å². The number of nitrogens with zero attached hydrogens (tertiary/aromatic N) is 4. The molecule has 0 spiro atoms. The molecule has 1 aliphatic rings. The average Bonchev–Trinajstić information content (AvgIpc) is 3.15. The molecule has 5 rings (SSSR count). The van der Waals surface area contributed by atoms with Crippen LogP contribution in [0.15, 0.2) is 42.6 Å². The van der Waals surface area contributed by atoms with Crippen molar-refractivity contribution in [3.05, 3.63) is 48.2 Å². The lowest BCUT2D eigenvalue weighted by Crippen LogP contribution is -2.33. The summed E-state index contributed by atoms with van der Waals surface area (Å²) >= 11 is 0. The molecule has 0 saturated carbocycles. The molecule has 0 amide bonds. The Balaban J connectivity index is 2.05. The molecule has 0 bridgehead atoms. The molecule has 4 aromatic rings. The highest BCUT2D eigenvalue weighted by molar-refractivity contribution is 6.02. The third-order valence-corrected chi connectivity index (χ3v) is 4.44. The number of benzene rings is 1. The second-order valence-electron chi connectivity index (χ2n) is 5.50. The van der Waals surface area contributed by atoms with Crippen LogP contribution in [0.25, 0.3) is 33.6 Å². The van der Waals surface area contributed by atoms with Crippen LogP contribution in [0, 0.1) is 0 Å². The van der Waals surface area contributed by atoms with Gasteiger partial charge in [-0.05, 0) is 18.2 Å². The lowest BCUT2D eigenvalue weighted by atomic mass is 10.1. The van der Waals surface area contributed by atoms with Crippen LogP contribution in [0.3, 0.4) is 0 Å². The average molecular weight is 278 g/mol. The van der Waals surface area contributed by atoms with Crippen LogP contribution in [0.5, 0.6) is 0 Å². The van der Waals surface area contributed by atoms with Crippen LogP contribution >= 0.6 is 0 Å². The molecule has 0 atom stereocenters. The van der Waals surface area contributed by atoms with E-state index in [4.69, 9.17) is 4.11 Å². The van der Waals surface area contributed by atoms with Crippen molar-refractivity contribution in [3.8, 4) is 11.4 Å². The third-order valence-electron chi connectivity index (χ3n) is 4.44. The molecule has 21 heavy (non-hydrogen) atoms. The van der Waals surface area contributed by atoms with Crippen molar-refractivity contribution in [2.24, 2.45) is 14.0 Å². The van der Waals surface area contributed by atoms with E-state index in [0.29, 0.717) is 12.1 Å². The quantitative estimate of drug-likeness (QED) is 0.399. The first-order valence-corrected chi connectivity index (χ1v) is 6.95. The normalized spacial score (nSPS) is 15.8. The molecule has 0 N–H and O–H groups in total. The second-order valence-corrected chi connectivity index (χ2v) is 5.50. The van der Waals surface area contributed by atoms with Crippen LogP contribution in [-0.2, 0) is 20.6 Å². The predicted octanol–water partition coefficient (Wildman–Crippen LogP) is 2.38. The van der Waals surface area contributed by atoms with E-state index in [1.54, 1.807) is 6.20 Å². The Hall–Kier alpha value is -2.62. The molecule has 0 radical (unpaired) electrons. The molecule has 1 aliphatic heterocycles. The SMILES string of the molecule is [2H]C([2H])([2H])n1c2[n+](c3c1c1ncccc1n3C)Cc1ccccc1-2. The van der Waals surface area contributed by atoms with Gasteiger partial charge in [0.05, 0.1) is 30.2 Å². The van der Waals surface area contributed by atoms with Crippen molar-refractivity contribution in [3.63, 3.8) is 0 Å². The number of aryl methyl sites for hydroxylation is 2. The summed E-state index contributed by atoms with van der Waals surface area (Å²) in [7, 11) is 1.96. The van der Waals surface area contributed by atoms with Gasteiger partial charge in [0, 0.05) is 11.8 Å². The molecule has 0 aliphatic carbocycles. The number of hydrogen-bond acceptors (Lipinski definition) is 1. The van der Waals surface area contributed by atoms with Gasteiger partial charge in [-0.3, -0.25) is 9.13 Å². The highest BCUT2D eigenvalue weighted by Gasteiger charge is 2.34. The lowest BCUT2D eigenvalue weighted by Gasteiger charge is -1.97. The highest BCUT2D eigenvalue weighted by Crippen LogP contribution is 2.33. The van der Waals surface area contributed by atoms with Gasteiger partial charge < -0.3 is 0 Å². The third kappa shape index (κ3) is 1.17. The number of fused-ring (bicyclic) bond motifs is 7. The second kappa shape index (κ2) is 3.52. The maximum absolute atomic E-state index is 8.11. The van der Waals surface area contributed by atoms with Gasteiger partial charge in [-0.15, -0.1) is 0 Å². The van der Waals surface area contributed by atoms with Crippen molar-refractivity contribution in [2.75, 3.05) is 0 Å². The van der Waals surface area contributed by atoms with Crippen molar-refractivity contribution >= 4 is 22.2 Å². The van der Waals surface area contributed by atoms with Gasteiger partial charge in [0.15, 0.2) is 0 Å². The molecule has 1 aromatic carbocycles. The maximum Gasteiger partial charge on any atom is 0.271 e. The summed E-state index contributed by atoms with van der Waals surface area (Å²) in [6.45, 7) is -1.60. The Morgan fingerprint density at radius 3 is 3.00 bits per heavy atom. The summed E-state index contributed by atoms with van der Waals surface area (Å²) in [6, 6.07) is 11.8. The van der Waals surface area contributed by atoms with E-state index in [1.165, 1.54) is 4.57 Å². The molecular formula is C17H15N4+. The van der Waals surface area contributed by atoms with Gasteiger partial charge in [-0.25, -0.2) is 9.55 Å². The molecule has 0 unspecified atom stereocenters.